The Balaban J connectivity index is 2.18. The summed E-state index contributed by atoms with van der Waals surface area (Å²) in [5, 5.41) is 9.06. The zero-order valence-electron chi connectivity index (χ0n) is 13.8. The number of fused-ring (bicyclic) bond motifs is 1. The number of carbonyl (C=O) groups excluding carboxylic acids is 1. The normalized spacial score (nSPS) is 10.8. The van der Waals surface area contributed by atoms with Crippen LogP contribution in [0.15, 0.2) is 27.4 Å². The third-order valence-electron chi connectivity index (χ3n) is 3.74. The van der Waals surface area contributed by atoms with Crippen LogP contribution in [0.25, 0.3) is 11.0 Å². The van der Waals surface area contributed by atoms with Gasteiger partial charge in [0, 0.05) is 25.0 Å². The number of aliphatic carboxylic acids is 1. The van der Waals surface area contributed by atoms with Crippen molar-refractivity contribution < 1.29 is 23.8 Å². The quantitative estimate of drug-likeness (QED) is 0.475. The Morgan fingerprint density at radius 2 is 1.96 bits per heavy atom. The largest absolute Gasteiger partial charge is 0.481 e. The molecular formula is C18H20O6. The number of carboxylic acids is 1. The number of hydrogen-bond donors (Lipinski definition) is 1. The third-order valence-corrected chi connectivity index (χ3v) is 3.74. The van der Waals surface area contributed by atoms with E-state index in [1.165, 1.54) is 13.0 Å². The van der Waals surface area contributed by atoms with Gasteiger partial charge in [0.05, 0.1) is 5.39 Å². The second kappa shape index (κ2) is 7.77. The van der Waals surface area contributed by atoms with E-state index < -0.39 is 11.9 Å². The van der Waals surface area contributed by atoms with Gasteiger partial charge in [-0.05, 0) is 38.3 Å². The number of carboxylic acid groups (broad SMARTS) is 1. The summed E-state index contributed by atoms with van der Waals surface area (Å²) in [6.07, 6.45) is 2.77. The second-order valence-electron chi connectivity index (χ2n) is 5.67. The first-order valence-electron chi connectivity index (χ1n) is 7.85. The van der Waals surface area contributed by atoms with E-state index >= 15 is 0 Å². The number of aryl methyl sites for hydroxylation is 1. The lowest BCUT2D eigenvalue weighted by atomic mass is 10.0. The first-order valence-corrected chi connectivity index (χ1v) is 7.85. The summed E-state index contributed by atoms with van der Waals surface area (Å²) in [7, 11) is 0. The number of ether oxygens (including phenoxy) is 1. The highest BCUT2D eigenvalue weighted by Gasteiger charge is 2.12. The summed E-state index contributed by atoms with van der Waals surface area (Å²) in [5.41, 5.74) is 0.894. The Morgan fingerprint density at radius 3 is 2.62 bits per heavy atom. The van der Waals surface area contributed by atoms with Gasteiger partial charge in [-0.2, -0.15) is 0 Å². The van der Waals surface area contributed by atoms with E-state index in [-0.39, 0.29) is 11.8 Å². The highest BCUT2D eigenvalue weighted by atomic mass is 16.5. The molecule has 1 heterocycles. The number of unbranched alkanes of at least 4 members (excludes halogenated alkanes) is 2. The molecule has 0 bridgehead atoms. The lowest BCUT2D eigenvalue weighted by Gasteiger charge is -2.08. The molecule has 0 aliphatic carbocycles. The molecule has 0 amide bonds. The van der Waals surface area contributed by atoms with Crippen LogP contribution in [0.5, 0.6) is 5.75 Å². The van der Waals surface area contributed by atoms with Gasteiger partial charge in [0.1, 0.15) is 17.1 Å². The average Bonchev–Trinajstić information content (AvgIpc) is 2.48. The molecule has 0 radical (unpaired) electrons. The van der Waals surface area contributed by atoms with Crippen molar-refractivity contribution in [3.63, 3.8) is 0 Å². The standard InChI is InChI=1S/C18H20O6/c1-11-14(6-4-3-5-7-17(20)21)18(22)15-9-8-13(24-12(2)19)10-16(15)23-11/h8-10H,3-7H2,1-2H3,(H,20,21). The molecule has 0 aliphatic rings. The Bertz CT molecular complexity index is 818. The molecule has 1 N–H and O–H groups in total. The average molecular weight is 332 g/mol. The summed E-state index contributed by atoms with van der Waals surface area (Å²) in [6.45, 7) is 3.03. The number of benzene rings is 1. The smallest absolute Gasteiger partial charge is 0.308 e. The van der Waals surface area contributed by atoms with Gasteiger partial charge in [0.2, 0.25) is 0 Å². The van der Waals surface area contributed by atoms with Gasteiger partial charge in [0.15, 0.2) is 5.43 Å². The van der Waals surface area contributed by atoms with E-state index in [9.17, 15) is 14.4 Å². The van der Waals surface area contributed by atoms with E-state index in [2.05, 4.69) is 0 Å². The third kappa shape index (κ3) is 4.44. The predicted octanol–water partition coefficient (Wildman–Crippen LogP) is 3.21. The Morgan fingerprint density at radius 1 is 1.21 bits per heavy atom. The van der Waals surface area contributed by atoms with Gasteiger partial charge < -0.3 is 14.3 Å². The van der Waals surface area contributed by atoms with E-state index in [1.54, 1.807) is 19.1 Å². The minimum Gasteiger partial charge on any atom is -0.481 e. The molecule has 0 spiro atoms. The number of esters is 1. The van der Waals surface area contributed by atoms with E-state index in [0.29, 0.717) is 40.9 Å². The number of rotatable bonds is 7. The molecule has 0 saturated heterocycles. The molecule has 0 unspecified atom stereocenters. The number of carbonyl (C=O) groups is 2. The maximum atomic E-state index is 12.6. The first-order chi connectivity index (χ1) is 11.4. The van der Waals surface area contributed by atoms with Gasteiger partial charge >= 0.3 is 11.9 Å². The van der Waals surface area contributed by atoms with Crippen LogP contribution in [0.2, 0.25) is 0 Å². The predicted molar refractivity (Wildman–Crippen MR) is 88.3 cm³/mol. The lowest BCUT2D eigenvalue weighted by molar-refractivity contribution is -0.137. The molecule has 2 aromatic rings. The molecule has 6 heteroatoms. The highest BCUT2D eigenvalue weighted by molar-refractivity contribution is 5.80. The fourth-order valence-electron chi connectivity index (χ4n) is 2.60. The van der Waals surface area contributed by atoms with Gasteiger partial charge in [-0.1, -0.05) is 6.42 Å². The Hall–Kier alpha value is -2.63. The van der Waals surface area contributed by atoms with Crippen LogP contribution >= 0.6 is 0 Å². The molecule has 0 fully saturated rings. The monoisotopic (exact) mass is 332 g/mol. The van der Waals surface area contributed by atoms with Crippen LogP contribution in [-0.4, -0.2) is 17.0 Å². The van der Waals surface area contributed by atoms with E-state index in [0.717, 1.165) is 12.8 Å². The van der Waals surface area contributed by atoms with Gasteiger partial charge in [0.25, 0.3) is 0 Å². The van der Waals surface area contributed by atoms with Crippen LogP contribution in [0.4, 0.5) is 0 Å². The lowest BCUT2D eigenvalue weighted by Crippen LogP contribution is -2.12. The maximum absolute atomic E-state index is 12.6. The van der Waals surface area contributed by atoms with Crippen molar-refractivity contribution in [2.75, 3.05) is 0 Å². The summed E-state index contributed by atoms with van der Waals surface area (Å²) in [6, 6.07) is 4.68. The van der Waals surface area contributed by atoms with Crippen LogP contribution < -0.4 is 10.2 Å². The van der Waals surface area contributed by atoms with E-state index in [4.69, 9.17) is 14.3 Å². The van der Waals surface area contributed by atoms with Crippen molar-refractivity contribution in [2.24, 2.45) is 0 Å². The molecule has 0 atom stereocenters. The summed E-state index contributed by atoms with van der Waals surface area (Å²) in [4.78, 5) is 34.1. The molecule has 1 aromatic carbocycles. The van der Waals surface area contributed by atoms with Crippen LogP contribution in [0.3, 0.4) is 0 Å². The number of hydrogen-bond acceptors (Lipinski definition) is 5. The minimum absolute atomic E-state index is 0.0960. The van der Waals surface area contributed by atoms with Crippen LogP contribution in [0.1, 0.15) is 43.9 Å². The molecule has 1 aromatic heterocycles. The minimum atomic E-state index is -0.806. The highest BCUT2D eigenvalue weighted by Crippen LogP contribution is 2.22. The van der Waals surface area contributed by atoms with Crippen molar-refractivity contribution in [3.8, 4) is 5.75 Å². The zero-order chi connectivity index (χ0) is 17.7. The first kappa shape index (κ1) is 17.7. The fourth-order valence-corrected chi connectivity index (χ4v) is 2.60. The van der Waals surface area contributed by atoms with Crippen molar-refractivity contribution in [1.82, 2.24) is 0 Å². The van der Waals surface area contributed by atoms with Crippen molar-refractivity contribution in [2.45, 2.75) is 46.0 Å². The van der Waals surface area contributed by atoms with Crippen LogP contribution in [-0.2, 0) is 16.0 Å². The molecule has 0 aliphatic heterocycles. The SMILES string of the molecule is CC(=O)Oc1ccc2c(=O)c(CCCCCC(=O)O)c(C)oc2c1. The molecule has 2 rings (SSSR count). The second-order valence-corrected chi connectivity index (χ2v) is 5.67. The Kier molecular flexibility index (Phi) is 5.73. The zero-order valence-corrected chi connectivity index (χ0v) is 13.8. The van der Waals surface area contributed by atoms with Crippen molar-refractivity contribution in [1.29, 1.82) is 0 Å². The summed E-state index contributed by atoms with van der Waals surface area (Å²) >= 11 is 0. The summed E-state index contributed by atoms with van der Waals surface area (Å²) in [5.74, 6) is -0.379. The molecule has 128 valence electrons. The topological polar surface area (TPSA) is 93.8 Å². The van der Waals surface area contributed by atoms with Crippen molar-refractivity contribution in [3.05, 3.63) is 39.7 Å². The van der Waals surface area contributed by atoms with Crippen LogP contribution in [0, 0.1) is 6.92 Å². The van der Waals surface area contributed by atoms with Crippen molar-refractivity contribution >= 4 is 22.9 Å². The molecular weight excluding hydrogens is 312 g/mol. The van der Waals surface area contributed by atoms with E-state index in [1.807, 2.05) is 0 Å². The molecule has 24 heavy (non-hydrogen) atoms. The van der Waals surface area contributed by atoms with Gasteiger partial charge in [-0.15, -0.1) is 0 Å². The summed E-state index contributed by atoms with van der Waals surface area (Å²) < 4.78 is 10.7. The maximum Gasteiger partial charge on any atom is 0.308 e. The molecule has 6 nitrogen and oxygen atoms in total. The van der Waals surface area contributed by atoms with Gasteiger partial charge in [-0.3, -0.25) is 14.4 Å². The van der Waals surface area contributed by atoms with Gasteiger partial charge in [-0.25, -0.2) is 0 Å². The fraction of sp³-hybridized carbons (Fsp3) is 0.389. The Labute approximate surface area is 139 Å². The molecule has 0 saturated carbocycles.